The average Bonchev–Trinajstić information content (AvgIpc) is 3.46. The number of hydrogen-bond acceptors (Lipinski definition) is 2. The molecule has 5 heteroatoms. The summed E-state index contributed by atoms with van der Waals surface area (Å²) in [5, 5.41) is 3.14. The molecule has 146 valence electrons. The summed E-state index contributed by atoms with van der Waals surface area (Å²) in [5.41, 5.74) is 3.19. The normalized spacial score (nSPS) is 25.8. The Labute approximate surface area is 162 Å². The number of aryl methyl sites for hydroxylation is 2. The Morgan fingerprint density at radius 3 is 2.63 bits per heavy atom. The van der Waals surface area contributed by atoms with E-state index in [4.69, 9.17) is 0 Å². The molecule has 27 heavy (non-hydrogen) atoms. The van der Waals surface area contributed by atoms with Gasteiger partial charge in [0.15, 0.2) is 0 Å². The topological polar surface area (TPSA) is 52.7 Å². The van der Waals surface area contributed by atoms with Crippen LogP contribution in [0.4, 0.5) is 10.5 Å². The van der Waals surface area contributed by atoms with E-state index in [0.717, 1.165) is 68.2 Å². The monoisotopic (exact) mass is 369 g/mol. The van der Waals surface area contributed by atoms with Crippen molar-refractivity contribution in [3.63, 3.8) is 0 Å². The van der Waals surface area contributed by atoms with Crippen molar-refractivity contribution in [1.29, 1.82) is 0 Å². The summed E-state index contributed by atoms with van der Waals surface area (Å²) in [4.78, 5) is 29.4. The second-order valence-corrected chi connectivity index (χ2v) is 8.94. The Morgan fingerprint density at radius 2 is 1.93 bits per heavy atom. The number of amides is 3. The summed E-state index contributed by atoms with van der Waals surface area (Å²) in [7, 11) is 0. The maximum Gasteiger partial charge on any atom is 0.321 e. The fourth-order valence-electron chi connectivity index (χ4n) is 4.79. The highest BCUT2D eigenvalue weighted by Gasteiger charge is 2.43. The summed E-state index contributed by atoms with van der Waals surface area (Å²) in [6, 6.07) is 6.08. The SMILES string of the molecule is Cc1cccc(C)c1NC(=O)N1CCC[C@@]2(CCC(=O)N(CC3CC3)C2)C1. The van der Waals surface area contributed by atoms with Gasteiger partial charge in [-0.3, -0.25) is 4.79 Å². The third kappa shape index (κ3) is 3.97. The van der Waals surface area contributed by atoms with E-state index in [1.807, 2.05) is 36.9 Å². The number of nitrogens with zero attached hydrogens (tertiary/aromatic N) is 2. The first-order valence-electron chi connectivity index (χ1n) is 10.4. The first-order chi connectivity index (χ1) is 13.0. The molecule has 3 amide bonds. The molecule has 2 aliphatic heterocycles. The number of benzene rings is 1. The Bertz CT molecular complexity index is 723. The van der Waals surface area contributed by atoms with Crippen molar-refractivity contribution >= 4 is 17.6 Å². The molecule has 1 N–H and O–H groups in total. The van der Waals surface area contributed by atoms with E-state index in [1.165, 1.54) is 12.8 Å². The van der Waals surface area contributed by atoms with Crippen molar-refractivity contribution in [1.82, 2.24) is 9.80 Å². The quantitative estimate of drug-likeness (QED) is 0.877. The summed E-state index contributed by atoms with van der Waals surface area (Å²) in [6.45, 7) is 7.38. The lowest BCUT2D eigenvalue weighted by Gasteiger charge is -2.48. The number of carbonyl (C=O) groups is 2. The third-order valence-corrected chi connectivity index (χ3v) is 6.59. The second-order valence-electron chi connectivity index (χ2n) is 8.94. The van der Waals surface area contributed by atoms with Gasteiger partial charge in [-0.2, -0.15) is 0 Å². The largest absolute Gasteiger partial charge is 0.342 e. The van der Waals surface area contributed by atoms with E-state index in [-0.39, 0.29) is 11.4 Å². The minimum atomic E-state index is -0.00267. The second kappa shape index (κ2) is 7.17. The number of likely N-dealkylation sites (tertiary alicyclic amines) is 2. The van der Waals surface area contributed by atoms with Gasteiger partial charge in [-0.1, -0.05) is 18.2 Å². The number of hydrogen-bond donors (Lipinski definition) is 1. The van der Waals surface area contributed by atoms with Crippen LogP contribution >= 0.6 is 0 Å². The zero-order chi connectivity index (χ0) is 19.0. The van der Waals surface area contributed by atoms with Crippen LogP contribution in [0.25, 0.3) is 0 Å². The van der Waals surface area contributed by atoms with Crippen molar-refractivity contribution in [2.45, 2.75) is 52.4 Å². The van der Waals surface area contributed by atoms with Gasteiger partial charge in [0.05, 0.1) is 0 Å². The van der Waals surface area contributed by atoms with E-state index in [9.17, 15) is 9.59 Å². The highest BCUT2D eigenvalue weighted by molar-refractivity contribution is 5.91. The zero-order valence-corrected chi connectivity index (χ0v) is 16.6. The minimum Gasteiger partial charge on any atom is -0.342 e. The number of para-hydroxylation sites is 1. The Hall–Kier alpha value is -2.04. The lowest BCUT2D eigenvalue weighted by atomic mass is 9.73. The molecule has 0 aromatic heterocycles. The van der Waals surface area contributed by atoms with E-state index < -0.39 is 0 Å². The van der Waals surface area contributed by atoms with E-state index >= 15 is 0 Å². The first kappa shape index (κ1) is 18.3. The molecule has 3 fully saturated rings. The minimum absolute atomic E-state index is 0.00267. The number of anilines is 1. The first-order valence-corrected chi connectivity index (χ1v) is 10.4. The highest BCUT2D eigenvalue weighted by atomic mass is 16.2. The summed E-state index contributed by atoms with van der Waals surface area (Å²) < 4.78 is 0. The van der Waals surface area contributed by atoms with Gasteiger partial charge < -0.3 is 15.1 Å². The molecule has 3 aliphatic rings. The summed E-state index contributed by atoms with van der Waals surface area (Å²) in [6.07, 6.45) is 6.22. The maximum absolute atomic E-state index is 13.0. The van der Waals surface area contributed by atoms with Crippen LogP contribution in [0.15, 0.2) is 18.2 Å². The molecule has 1 spiro atoms. The molecular weight excluding hydrogens is 338 g/mol. The molecular formula is C22H31N3O2. The summed E-state index contributed by atoms with van der Waals surface area (Å²) >= 11 is 0. The molecule has 0 bridgehead atoms. The van der Waals surface area contributed by atoms with Crippen LogP contribution in [-0.2, 0) is 4.79 Å². The molecule has 2 saturated heterocycles. The van der Waals surface area contributed by atoms with Crippen molar-refractivity contribution in [2.24, 2.45) is 11.3 Å². The number of piperidine rings is 2. The van der Waals surface area contributed by atoms with E-state index in [2.05, 4.69) is 10.2 Å². The van der Waals surface area contributed by atoms with Gasteiger partial charge in [0.25, 0.3) is 0 Å². The fourth-order valence-corrected chi connectivity index (χ4v) is 4.79. The smallest absolute Gasteiger partial charge is 0.321 e. The number of nitrogens with one attached hydrogen (secondary N) is 1. The van der Waals surface area contributed by atoms with Crippen molar-refractivity contribution in [2.75, 3.05) is 31.5 Å². The van der Waals surface area contributed by atoms with Crippen LogP contribution in [0, 0.1) is 25.2 Å². The zero-order valence-electron chi connectivity index (χ0n) is 16.6. The number of carbonyl (C=O) groups excluding carboxylic acids is 2. The van der Waals surface area contributed by atoms with Crippen LogP contribution in [0.3, 0.4) is 0 Å². The Kier molecular flexibility index (Phi) is 4.87. The number of rotatable bonds is 3. The predicted molar refractivity (Wildman–Crippen MR) is 107 cm³/mol. The molecule has 2 heterocycles. The molecule has 4 rings (SSSR count). The van der Waals surface area contributed by atoms with Gasteiger partial charge in [-0.25, -0.2) is 4.79 Å². The van der Waals surface area contributed by atoms with Gasteiger partial charge in [0.2, 0.25) is 5.91 Å². The van der Waals surface area contributed by atoms with E-state index in [1.54, 1.807) is 0 Å². The molecule has 5 nitrogen and oxygen atoms in total. The summed E-state index contributed by atoms with van der Waals surface area (Å²) in [5.74, 6) is 1.03. The van der Waals surface area contributed by atoms with Crippen LogP contribution < -0.4 is 5.32 Å². The Morgan fingerprint density at radius 1 is 1.19 bits per heavy atom. The molecule has 1 saturated carbocycles. The van der Waals surface area contributed by atoms with Crippen LogP contribution in [0.5, 0.6) is 0 Å². The van der Waals surface area contributed by atoms with Gasteiger partial charge in [-0.05, 0) is 63.0 Å². The predicted octanol–water partition coefficient (Wildman–Crippen LogP) is 3.95. The van der Waals surface area contributed by atoms with Gasteiger partial charge >= 0.3 is 6.03 Å². The molecule has 1 aliphatic carbocycles. The fraction of sp³-hybridized carbons (Fsp3) is 0.636. The average molecular weight is 370 g/mol. The molecule has 1 aromatic carbocycles. The van der Waals surface area contributed by atoms with Crippen molar-refractivity contribution in [3.8, 4) is 0 Å². The molecule has 1 aromatic rings. The Balaban J connectivity index is 1.44. The molecule has 0 radical (unpaired) electrons. The lowest BCUT2D eigenvalue weighted by Crippen LogP contribution is -2.56. The van der Waals surface area contributed by atoms with Crippen LogP contribution in [0.2, 0.25) is 0 Å². The lowest BCUT2D eigenvalue weighted by molar-refractivity contribution is -0.139. The standard InChI is InChI=1S/C22H31N3O2/c1-16-5-3-6-17(2)20(16)23-21(27)24-12-4-10-22(14-24)11-9-19(26)25(15-22)13-18-7-8-18/h3,5-6,18H,4,7-15H2,1-2H3,(H,23,27)/t22-/m1/s1. The van der Waals surface area contributed by atoms with Crippen molar-refractivity contribution in [3.05, 3.63) is 29.3 Å². The number of urea groups is 1. The van der Waals surface area contributed by atoms with Gasteiger partial charge in [0, 0.05) is 43.7 Å². The van der Waals surface area contributed by atoms with Crippen molar-refractivity contribution < 1.29 is 9.59 Å². The molecule has 1 atom stereocenters. The van der Waals surface area contributed by atoms with Gasteiger partial charge in [0.1, 0.15) is 0 Å². The highest BCUT2D eigenvalue weighted by Crippen LogP contribution is 2.40. The van der Waals surface area contributed by atoms with Crippen LogP contribution in [0.1, 0.15) is 49.7 Å². The van der Waals surface area contributed by atoms with Gasteiger partial charge in [-0.15, -0.1) is 0 Å². The third-order valence-electron chi connectivity index (χ3n) is 6.59. The maximum atomic E-state index is 13.0. The van der Waals surface area contributed by atoms with Crippen LogP contribution in [-0.4, -0.2) is 47.9 Å². The molecule has 0 unspecified atom stereocenters. The van der Waals surface area contributed by atoms with E-state index in [0.29, 0.717) is 12.3 Å².